The van der Waals surface area contributed by atoms with Gasteiger partial charge in [0.2, 0.25) is 6.39 Å². The molecule has 0 aliphatic carbocycles. The molecule has 1 aliphatic rings. The van der Waals surface area contributed by atoms with Gasteiger partial charge in [-0.05, 0) is 60.4 Å². The maximum atomic E-state index is 12.9. The van der Waals surface area contributed by atoms with Crippen LogP contribution in [0.15, 0.2) is 29.1 Å². The molecular formula is C15H16IN3O2. The topological polar surface area (TPSA) is 59.2 Å². The molecule has 2 aromatic rings. The number of hydrogen-bond acceptors (Lipinski definition) is 4. The van der Waals surface area contributed by atoms with Crippen molar-refractivity contribution in [3.8, 4) is 0 Å². The molecule has 5 nitrogen and oxygen atoms in total. The van der Waals surface area contributed by atoms with Crippen LogP contribution in [0.3, 0.4) is 0 Å². The first kappa shape index (κ1) is 14.5. The minimum Gasteiger partial charge on any atom is -0.343 e. The molecule has 0 N–H and O–H groups in total. The third-order valence-corrected chi connectivity index (χ3v) is 5.29. The Labute approximate surface area is 136 Å². The summed E-state index contributed by atoms with van der Waals surface area (Å²) in [5.41, 5.74) is 1.88. The zero-order valence-corrected chi connectivity index (χ0v) is 13.9. The third-order valence-electron chi connectivity index (χ3n) is 3.86. The van der Waals surface area contributed by atoms with Gasteiger partial charge < -0.3 is 9.42 Å². The second-order valence-electron chi connectivity index (χ2n) is 5.24. The Morgan fingerprint density at radius 3 is 3.05 bits per heavy atom. The highest BCUT2D eigenvalue weighted by atomic mass is 127. The number of nitrogens with zero attached hydrogens (tertiary/aromatic N) is 3. The minimum absolute atomic E-state index is 0.0533. The Hall–Kier alpha value is -1.44. The summed E-state index contributed by atoms with van der Waals surface area (Å²) >= 11 is 2.24. The lowest BCUT2D eigenvalue weighted by Crippen LogP contribution is -2.39. The normalized spacial score (nSPS) is 18.8. The molecule has 2 heterocycles. The average Bonchev–Trinajstić information content (AvgIpc) is 3.03. The summed E-state index contributed by atoms with van der Waals surface area (Å²) in [4.78, 5) is 18.9. The van der Waals surface area contributed by atoms with E-state index >= 15 is 0 Å². The summed E-state index contributed by atoms with van der Waals surface area (Å²) in [5.74, 6) is 0.656. The fourth-order valence-corrected chi connectivity index (χ4v) is 3.33. The minimum atomic E-state index is -0.0821. The Bertz CT molecular complexity index is 642. The standard InChI is InChI=1S/C15H16IN3O2/c1-10-5-4-6-11(13(10)16)15(20)19-8-3-2-7-12(19)14-17-9-21-18-14/h4-6,9,12H,2-3,7-8H2,1H3/t12-/m0/s1. The van der Waals surface area contributed by atoms with E-state index in [0.29, 0.717) is 5.82 Å². The van der Waals surface area contributed by atoms with Crippen LogP contribution in [-0.2, 0) is 0 Å². The van der Waals surface area contributed by atoms with Crippen molar-refractivity contribution in [1.29, 1.82) is 0 Å². The van der Waals surface area contributed by atoms with Crippen LogP contribution >= 0.6 is 22.6 Å². The maximum absolute atomic E-state index is 12.9. The van der Waals surface area contributed by atoms with Crippen molar-refractivity contribution >= 4 is 28.5 Å². The molecule has 1 aromatic heterocycles. The van der Waals surface area contributed by atoms with E-state index in [1.807, 2.05) is 30.0 Å². The van der Waals surface area contributed by atoms with Gasteiger partial charge >= 0.3 is 0 Å². The highest BCUT2D eigenvalue weighted by molar-refractivity contribution is 14.1. The Morgan fingerprint density at radius 2 is 2.29 bits per heavy atom. The zero-order chi connectivity index (χ0) is 14.8. The summed E-state index contributed by atoms with van der Waals surface area (Å²) in [6.45, 7) is 2.76. The van der Waals surface area contributed by atoms with E-state index in [9.17, 15) is 4.79 Å². The monoisotopic (exact) mass is 397 g/mol. The summed E-state index contributed by atoms with van der Waals surface area (Å²) in [5, 5.41) is 3.92. The summed E-state index contributed by atoms with van der Waals surface area (Å²) in [7, 11) is 0. The van der Waals surface area contributed by atoms with Crippen molar-refractivity contribution in [3.63, 3.8) is 0 Å². The van der Waals surface area contributed by atoms with Crippen molar-refractivity contribution in [2.45, 2.75) is 32.2 Å². The van der Waals surface area contributed by atoms with Gasteiger partial charge in [-0.3, -0.25) is 4.79 Å². The average molecular weight is 397 g/mol. The van der Waals surface area contributed by atoms with Gasteiger partial charge in [0.05, 0.1) is 11.6 Å². The number of hydrogen-bond donors (Lipinski definition) is 0. The number of halogens is 1. The first-order chi connectivity index (χ1) is 10.2. The number of benzene rings is 1. The molecule has 0 radical (unpaired) electrons. The van der Waals surface area contributed by atoms with Gasteiger partial charge in [0, 0.05) is 10.1 Å². The number of aromatic nitrogens is 2. The highest BCUT2D eigenvalue weighted by Gasteiger charge is 2.32. The van der Waals surface area contributed by atoms with Crippen LogP contribution in [0.1, 0.15) is 47.1 Å². The predicted molar refractivity (Wildman–Crippen MR) is 85.8 cm³/mol. The molecule has 1 amide bonds. The fourth-order valence-electron chi connectivity index (χ4n) is 2.74. The molecule has 21 heavy (non-hydrogen) atoms. The Morgan fingerprint density at radius 1 is 1.43 bits per heavy atom. The molecular weight excluding hydrogens is 381 g/mol. The maximum Gasteiger partial charge on any atom is 0.255 e. The van der Waals surface area contributed by atoms with E-state index in [2.05, 4.69) is 32.7 Å². The van der Waals surface area contributed by atoms with E-state index in [-0.39, 0.29) is 11.9 Å². The quantitative estimate of drug-likeness (QED) is 0.730. The van der Waals surface area contributed by atoms with Gasteiger partial charge in [0.1, 0.15) is 0 Å². The number of carbonyl (C=O) groups is 1. The van der Waals surface area contributed by atoms with E-state index in [0.717, 1.165) is 40.5 Å². The second kappa shape index (κ2) is 6.13. The van der Waals surface area contributed by atoms with Crippen molar-refractivity contribution in [1.82, 2.24) is 15.0 Å². The smallest absolute Gasteiger partial charge is 0.255 e. The molecule has 0 spiro atoms. The van der Waals surface area contributed by atoms with Crippen LogP contribution in [0.5, 0.6) is 0 Å². The lowest BCUT2D eigenvalue weighted by Gasteiger charge is -2.34. The first-order valence-corrected chi connectivity index (χ1v) is 8.08. The van der Waals surface area contributed by atoms with Gasteiger partial charge in [0.25, 0.3) is 5.91 Å². The number of carbonyl (C=O) groups excluding carboxylic acids is 1. The number of rotatable bonds is 2. The number of amides is 1. The molecule has 0 unspecified atom stereocenters. The van der Waals surface area contributed by atoms with E-state index < -0.39 is 0 Å². The lowest BCUT2D eigenvalue weighted by molar-refractivity contribution is 0.0595. The summed E-state index contributed by atoms with van der Waals surface area (Å²) in [6.07, 6.45) is 4.30. The lowest BCUT2D eigenvalue weighted by atomic mass is 10.00. The zero-order valence-electron chi connectivity index (χ0n) is 11.8. The Kier molecular flexibility index (Phi) is 4.23. The predicted octanol–water partition coefficient (Wildman–Crippen LogP) is 3.35. The van der Waals surface area contributed by atoms with Crippen LogP contribution in [0.2, 0.25) is 0 Å². The number of likely N-dealkylation sites (tertiary alicyclic amines) is 1. The largest absolute Gasteiger partial charge is 0.343 e. The van der Waals surface area contributed by atoms with Crippen molar-refractivity contribution in [2.24, 2.45) is 0 Å². The molecule has 1 fully saturated rings. The van der Waals surface area contributed by atoms with Crippen molar-refractivity contribution in [2.75, 3.05) is 6.54 Å². The third kappa shape index (κ3) is 2.81. The van der Waals surface area contributed by atoms with Crippen LogP contribution in [0.4, 0.5) is 0 Å². The highest BCUT2D eigenvalue weighted by Crippen LogP contribution is 2.31. The SMILES string of the molecule is Cc1cccc(C(=O)N2CCCC[C@H]2c2ncon2)c1I. The van der Waals surface area contributed by atoms with Crippen molar-refractivity contribution in [3.05, 3.63) is 45.1 Å². The van der Waals surface area contributed by atoms with E-state index in [1.54, 1.807) is 0 Å². The van der Waals surface area contributed by atoms with Gasteiger partial charge in [-0.2, -0.15) is 4.98 Å². The number of aryl methyl sites for hydroxylation is 1. The number of piperidine rings is 1. The molecule has 110 valence electrons. The molecule has 1 aromatic carbocycles. The van der Waals surface area contributed by atoms with Crippen LogP contribution < -0.4 is 0 Å². The molecule has 1 atom stereocenters. The van der Waals surface area contributed by atoms with Gasteiger partial charge in [0.15, 0.2) is 5.82 Å². The fraction of sp³-hybridized carbons (Fsp3) is 0.400. The summed E-state index contributed by atoms with van der Waals surface area (Å²) in [6, 6.07) is 5.75. The molecule has 3 rings (SSSR count). The Balaban J connectivity index is 1.93. The molecule has 0 saturated carbocycles. The van der Waals surface area contributed by atoms with Crippen LogP contribution in [0.25, 0.3) is 0 Å². The molecule has 1 aliphatic heterocycles. The van der Waals surface area contributed by atoms with E-state index in [1.165, 1.54) is 6.39 Å². The molecule has 6 heteroatoms. The molecule has 1 saturated heterocycles. The summed E-state index contributed by atoms with van der Waals surface area (Å²) < 4.78 is 5.86. The van der Waals surface area contributed by atoms with Crippen molar-refractivity contribution < 1.29 is 9.32 Å². The second-order valence-corrected chi connectivity index (χ2v) is 6.31. The van der Waals surface area contributed by atoms with E-state index in [4.69, 9.17) is 4.52 Å². The van der Waals surface area contributed by atoms with Crippen LogP contribution in [-0.4, -0.2) is 27.5 Å². The van der Waals surface area contributed by atoms with Gasteiger partial charge in [-0.15, -0.1) is 0 Å². The van der Waals surface area contributed by atoms with Crippen LogP contribution in [0, 0.1) is 10.5 Å². The van der Waals surface area contributed by atoms with Gasteiger partial charge in [-0.1, -0.05) is 17.3 Å². The first-order valence-electron chi connectivity index (χ1n) is 7.01. The van der Waals surface area contributed by atoms with Gasteiger partial charge in [-0.25, -0.2) is 0 Å². The molecule has 0 bridgehead atoms.